The summed E-state index contributed by atoms with van der Waals surface area (Å²) in [5.41, 5.74) is 15.0. The molecule has 3 aromatic rings. The van der Waals surface area contributed by atoms with E-state index in [4.69, 9.17) is 20.9 Å². The van der Waals surface area contributed by atoms with Crippen LogP contribution in [0.2, 0.25) is 0 Å². The SMILES string of the molecule is COc1cc(C(=O)N(C)c2ccc(C)cc2OCCCCCC(=O)N2CCN(C)CC2)ccc1NC(=O)c1cccc(N)c1N.Cl.Cl.Cl. The fraction of sp³-hybridized carbons (Fsp3) is 0.382. The molecule has 0 saturated carbocycles. The first-order valence-corrected chi connectivity index (χ1v) is 15.2. The molecule has 3 amide bonds. The minimum atomic E-state index is -0.447. The molecule has 0 radical (unpaired) electrons. The van der Waals surface area contributed by atoms with Gasteiger partial charge < -0.3 is 41.0 Å². The number of likely N-dealkylation sites (N-methyl/N-ethyl adjacent to an activating group) is 1. The van der Waals surface area contributed by atoms with Crippen LogP contribution in [0.5, 0.6) is 11.5 Å². The molecule has 3 aromatic carbocycles. The largest absolute Gasteiger partial charge is 0.495 e. The van der Waals surface area contributed by atoms with E-state index in [0.717, 1.165) is 51.0 Å². The summed E-state index contributed by atoms with van der Waals surface area (Å²) >= 11 is 0. The number of benzene rings is 3. The number of anilines is 4. The second-order valence-corrected chi connectivity index (χ2v) is 11.4. The van der Waals surface area contributed by atoms with Gasteiger partial charge in [0.1, 0.15) is 11.5 Å². The third-order valence-corrected chi connectivity index (χ3v) is 8.01. The van der Waals surface area contributed by atoms with Gasteiger partial charge in [0.15, 0.2) is 0 Å². The number of amides is 3. The molecule has 1 heterocycles. The second-order valence-electron chi connectivity index (χ2n) is 11.4. The summed E-state index contributed by atoms with van der Waals surface area (Å²) < 4.78 is 11.6. The average Bonchev–Trinajstić information content (AvgIpc) is 3.03. The van der Waals surface area contributed by atoms with Gasteiger partial charge in [-0.25, -0.2) is 0 Å². The van der Waals surface area contributed by atoms with Gasteiger partial charge in [0.05, 0.1) is 42.0 Å². The number of rotatable bonds is 12. The average molecular weight is 726 g/mol. The molecule has 5 N–H and O–H groups in total. The zero-order chi connectivity index (χ0) is 32.5. The van der Waals surface area contributed by atoms with Crippen LogP contribution in [-0.2, 0) is 4.79 Å². The third-order valence-electron chi connectivity index (χ3n) is 8.01. The Labute approximate surface area is 301 Å². The van der Waals surface area contributed by atoms with Gasteiger partial charge in [-0.3, -0.25) is 14.4 Å². The Morgan fingerprint density at radius 2 is 1.60 bits per heavy atom. The van der Waals surface area contributed by atoms with Crippen molar-refractivity contribution in [3.8, 4) is 11.5 Å². The Bertz CT molecular complexity index is 1540. The highest BCUT2D eigenvalue weighted by atomic mass is 35.5. The molecule has 0 unspecified atom stereocenters. The first-order chi connectivity index (χ1) is 21.6. The Balaban J connectivity index is 0.00000384. The Morgan fingerprint density at radius 3 is 2.29 bits per heavy atom. The molecule has 0 bridgehead atoms. The van der Waals surface area contributed by atoms with Crippen LogP contribution in [-0.4, -0.2) is 81.5 Å². The van der Waals surface area contributed by atoms with E-state index in [1.165, 1.54) is 12.0 Å². The maximum absolute atomic E-state index is 13.6. The van der Waals surface area contributed by atoms with Crippen molar-refractivity contribution in [1.82, 2.24) is 9.80 Å². The Hall–Kier alpha value is -3.90. The first-order valence-electron chi connectivity index (χ1n) is 15.2. The predicted octanol–water partition coefficient (Wildman–Crippen LogP) is 5.68. The number of nitrogens with one attached hydrogen (secondary N) is 1. The van der Waals surface area contributed by atoms with Gasteiger partial charge in [-0.2, -0.15) is 0 Å². The summed E-state index contributed by atoms with van der Waals surface area (Å²) in [4.78, 5) is 44.7. The maximum atomic E-state index is 13.6. The highest BCUT2D eigenvalue weighted by Gasteiger charge is 2.21. The number of nitrogens with zero attached hydrogens (tertiary/aromatic N) is 3. The van der Waals surface area contributed by atoms with Gasteiger partial charge in [0.25, 0.3) is 11.8 Å². The fourth-order valence-electron chi connectivity index (χ4n) is 5.17. The molecule has 0 aliphatic carbocycles. The van der Waals surface area contributed by atoms with Gasteiger partial charge in [-0.1, -0.05) is 12.1 Å². The van der Waals surface area contributed by atoms with Crippen molar-refractivity contribution in [1.29, 1.82) is 0 Å². The number of aryl methyl sites for hydroxylation is 1. The van der Waals surface area contributed by atoms with E-state index in [0.29, 0.717) is 47.2 Å². The molecule has 1 aliphatic rings. The Morgan fingerprint density at radius 1 is 0.896 bits per heavy atom. The van der Waals surface area contributed by atoms with Crippen molar-refractivity contribution in [2.45, 2.75) is 32.6 Å². The predicted molar refractivity (Wildman–Crippen MR) is 200 cm³/mol. The molecule has 1 fully saturated rings. The van der Waals surface area contributed by atoms with Crippen molar-refractivity contribution in [2.75, 3.05) is 75.7 Å². The highest BCUT2D eigenvalue weighted by molar-refractivity contribution is 6.11. The number of carbonyl (C=O) groups is 3. The van der Waals surface area contributed by atoms with Gasteiger partial charge in [0.2, 0.25) is 5.91 Å². The monoisotopic (exact) mass is 724 g/mol. The standard InChI is InChI=1S/C34H44N6O5.3ClH/c1-23-12-15-28(30(21-23)45-20-7-5-6-11-31(41)40-18-16-38(2)17-19-40)39(3)34(43)24-13-14-27(29(22-24)44-4)37-33(42)25-9-8-10-26(35)32(25)36;;;/h8-10,12-15,21-22H,5-7,11,16-20,35-36H2,1-4H3,(H,37,42);3*1H. The lowest BCUT2D eigenvalue weighted by Crippen LogP contribution is -2.47. The number of piperazine rings is 1. The third kappa shape index (κ3) is 10.8. The molecule has 1 saturated heterocycles. The number of para-hydroxylation sites is 1. The molecular formula is C34H47Cl3N6O5. The topological polar surface area (TPSA) is 143 Å². The molecule has 0 atom stereocenters. The van der Waals surface area contributed by atoms with Crippen LogP contribution in [0, 0.1) is 6.92 Å². The van der Waals surface area contributed by atoms with Crippen LogP contribution in [0.15, 0.2) is 54.6 Å². The number of nitrogens with two attached hydrogens (primary N) is 2. The zero-order valence-corrected chi connectivity index (χ0v) is 30.3. The minimum absolute atomic E-state index is 0. The number of carbonyl (C=O) groups excluding carboxylic acids is 3. The molecule has 0 spiro atoms. The highest BCUT2D eigenvalue weighted by Crippen LogP contribution is 2.32. The normalized spacial score (nSPS) is 12.5. The van der Waals surface area contributed by atoms with Crippen molar-refractivity contribution in [2.24, 2.45) is 0 Å². The van der Waals surface area contributed by atoms with E-state index >= 15 is 0 Å². The lowest BCUT2D eigenvalue weighted by atomic mass is 10.1. The number of unbranched alkanes of at least 4 members (excludes halogenated alkanes) is 2. The second kappa shape index (κ2) is 19.8. The number of methoxy groups -OCH3 is 1. The van der Waals surface area contributed by atoms with Crippen LogP contribution in [0.4, 0.5) is 22.7 Å². The number of halogens is 3. The van der Waals surface area contributed by atoms with E-state index < -0.39 is 5.91 Å². The number of hydrogen-bond donors (Lipinski definition) is 3. The Kier molecular flexibility index (Phi) is 17.4. The van der Waals surface area contributed by atoms with Crippen LogP contribution in [0.25, 0.3) is 0 Å². The van der Waals surface area contributed by atoms with Crippen molar-refractivity contribution >= 4 is 77.7 Å². The van der Waals surface area contributed by atoms with Crippen LogP contribution in [0.3, 0.4) is 0 Å². The van der Waals surface area contributed by atoms with E-state index in [-0.39, 0.29) is 60.3 Å². The van der Waals surface area contributed by atoms with E-state index in [9.17, 15) is 14.4 Å². The summed E-state index contributed by atoms with van der Waals surface area (Å²) in [6, 6.07) is 15.4. The van der Waals surface area contributed by atoms with Gasteiger partial charge in [-0.05, 0) is 81.3 Å². The minimum Gasteiger partial charge on any atom is -0.495 e. The molecule has 11 nitrogen and oxygen atoms in total. The molecule has 14 heteroatoms. The molecule has 4 rings (SSSR count). The van der Waals surface area contributed by atoms with E-state index in [2.05, 4.69) is 17.3 Å². The summed E-state index contributed by atoms with van der Waals surface area (Å²) in [6.07, 6.45) is 3.05. The molecule has 0 aromatic heterocycles. The molecule has 1 aliphatic heterocycles. The van der Waals surface area contributed by atoms with Crippen molar-refractivity contribution < 1.29 is 23.9 Å². The fourth-order valence-corrected chi connectivity index (χ4v) is 5.17. The summed E-state index contributed by atoms with van der Waals surface area (Å²) in [5, 5.41) is 2.78. The van der Waals surface area contributed by atoms with Crippen LogP contribution >= 0.6 is 37.2 Å². The number of nitrogen functional groups attached to an aromatic ring is 2. The number of ether oxygens (including phenoxy) is 2. The summed E-state index contributed by atoms with van der Waals surface area (Å²) in [5.74, 6) is 0.425. The molecule has 48 heavy (non-hydrogen) atoms. The number of hydrogen-bond acceptors (Lipinski definition) is 8. The van der Waals surface area contributed by atoms with E-state index in [1.54, 1.807) is 43.4 Å². The van der Waals surface area contributed by atoms with Gasteiger partial charge in [0, 0.05) is 45.2 Å². The van der Waals surface area contributed by atoms with E-state index in [1.807, 2.05) is 30.0 Å². The van der Waals surface area contributed by atoms with Crippen LogP contribution in [0.1, 0.15) is 52.0 Å². The van der Waals surface area contributed by atoms with Gasteiger partial charge in [-0.15, -0.1) is 37.2 Å². The summed E-state index contributed by atoms with van der Waals surface area (Å²) in [6.45, 7) is 5.89. The summed E-state index contributed by atoms with van der Waals surface area (Å²) in [7, 11) is 5.23. The smallest absolute Gasteiger partial charge is 0.258 e. The van der Waals surface area contributed by atoms with Gasteiger partial charge >= 0.3 is 0 Å². The lowest BCUT2D eigenvalue weighted by molar-refractivity contribution is -0.132. The van der Waals surface area contributed by atoms with Crippen LogP contribution < -0.4 is 31.2 Å². The lowest BCUT2D eigenvalue weighted by Gasteiger charge is -2.32. The molecule has 264 valence electrons. The first kappa shape index (κ1) is 42.1. The molecular weight excluding hydrogens is 679 g/mol. The maximum Gasteiger partial charge on any atom is 0.258 e. The van der Waals surface area contributed by atoms with Crippen molar-refractivity contribution in [3.05, 3.63) is 71.3 Å². The van der Waals surface area contributed by atoms with Crippen molar-refractivity contribution in [3.63, 3.8) is 0 Å². The zero-order valence-electron chi connectivity index (χ0n) is 27.8. The quantitative estimate of drug-likeness (QED) is 0.160.